The minimum Gasteiger partial charge on any atom is -0.309 e. The first-order chi connectivity index (χ1) is 10.2. The summed E-state index contributed by atoms with van der Waals surface area (Å²) in [6.07, 6.45) is 0. The first-order valence-corrected chi connectivity index (χ1v) is 7.49. The lowest BCUT2D eigenvalue weighted by Crippen LogP contribution is -2.18. The molecule has 0 amide bonds. The molecule has 0 spiro atoms. The Balaban J connectivity index is 2.16. The molecule has 0 radical (unpaired) electrons. The van der Waals surface area contributed by atoms with Crippen molar-refractivity contribution < 1.29 is 0 Å². The molecular weight excluding hydrogens is 278 g/mol. The molecule has 0 aliphatic carbocycles. The molecule has 0 bridgehead atoms. The lowest BCUT2D eigenvalue weighted by atomic mass is 9.93. The lowest BCUT2D eigenvalue weighted by molar-refractivity contribution is 0.697. The number of hydrogen-bond donors (Lipinski definition) is 1. The van der Waals surface area contributed by atoms with Crippen molar-refractivity contribution in [2.24, 2.45) is 0 Å². The molecule has 3 rings (SSSR count). The second-order valence-corrected chi connectivity index (χ2v) is 5.71. The van der Waals surface area contributed by atoms with E-state index in [0.29, 0.717) is 0 Å². The second-order valence-electron chi connectivity index (χ2n) is 5.30. The zero-order valence-corrected chi connectivity index (χ0v) is 13.0. The first-order valence-electron chi connectivity index (χ1n) is 7.11. The highest BCUT2D eigenvalue weighted by atomic mass is 35.5. The Labute approximate surface area is 130 Å². The summed E-state index contributed by atoms with van der Waals surface area (Å²) in [6, 6.07) is 21.3. The van der Waals surface area contributed by atoms with Gasteiger partial charge in [-0.2, -0.15) is 0 Å². The number of halogens is 1. The normalized spacial score (nSPS) is 12.5. The lowest BCUT2D eigenvalue weighted by Gasteiger charge is -2.20. The van der Waals surface area contributed by atoms with Crippen LogP contribution in [0.25, 0.3) is 10.8 Å². The maximum Gasteiger partial charge on any atom is 0.0580 e. The van der Waals surface area contributed by atoms with Crippen LogP contribution in [0.4, 0.5) is 0 Å². The number of rotatable bonds is 3. The fourth-order valence-electron chi connectivity index (χ4n) is 2.79. The predicted molar refractivity (Wildman–Crippen MR) is 91.0 cm³/mol. The Hall–Kier alpha value is -1.83. The van der Waals surface area contributed by atoms with Gasteiger partial charge in [0, 0.05) is 5.02 Å². The summed E-state index contributed by atoms with van der Waals surface area (Å²) < 4.78 is 0. The van der Waals surface area contributed by atoms with Crippen LogP contribution < -0.4 is 5.32 Å². The topological polar surface area (TPSA) is 12.0 Å². The summed E-state index contributed by atoms with van der Waals surface area (Å²) in [6.45, 7) is 2.03. The van der Waals surface area contributed by atoms with Gasteiger partial charge in [-0.15, -0.1) is 0 Å². The monoisotopic (exact) mass is 295 g/mol. The fraction of sp³-hybridized carbons (Fsp3) is 0.158. The molecule has 1 nitrogen and oxygen atoms in total. The molecule has 2 heteroatoms. The molecule has 3 aromatic rings. The van der Waals surface area contributed by atoms with Gasteiger partial charge in [-0.3, -0.25) is 0 Å². The Kier molecular flexibility index (Phi) is 3.96. The molecule has 106 valence electrons. The third-order valence-corrected chi connectivity index (χ3v) is 4.36. The van der Waals surface area contributed by atoms with Crippen LogP contribution in [0.1, 0.15) is 22.7 Å². The molecule has 0 heterocycles. The number of nitrogens with one attached hydrogen (secondary N) is 1. The second kappa shape index (κ2) is 5.88. The van der Waals surface area contributed by atoms with Crippen LogP contribution in [-0.4, -0.2) is 7.05 Å². The van der Waals surface area contributed by atoms with Gasteiger partial charge in [0.25, 0.3) is 0 Å². The van der Waals surface area contributed by atoms with E-state index in [1.807, 2.05) is 14.0 Å². The zero-order valence-electron chi connectivity index (χ0n) is 12.2. The summed E-state index contributed by atoms with van der Waals surface area (Å²) in [4.78, 5) is 0. The summed E-state index contributed by atoms with van der Waals surface area (Å²) >= 11 is 6.29. The molecule has 0 aromatic heterocycles. The Morgan fingerprint density at radius 3 is 2.48 bits per heavy atom. The van der Waals surface area contributed by atoms with Crippen molar-refractivity contribution in [3.8, 4) is 0 Å². The van der Waals surface area contributed by atoms with Crippen molar-refractivity contribution in [3.05, 3.63) is 82.4 Å². The van der Waals surface area contributed by atoms with Gasteiger partial charge in [0.1, 0.15) is 0 Å². The van der Waals surface area contributed by atoms with Crippen LogP contribution in [-0.2, 0) is 0 Å². The van der Waals surface area contributed by atoms with Gasteiger partial charge in [0.05, 0.1) is 6.04 Å². The molecule has 0 saturated heterocycles. The van der Waals surface area contributed by atoms with Crippen LogP contribution in [0.2, 0.25) is 5.02 Å². The molecule has 0 fully saturated rings. The molecule has 3 aromatic carbocycles. The average molecular weight is 296 g/mol. The van der Waals surface area contributed by atoms with Crippen LogP contribution in [0.15, 0.2) is 60.7 Å². The van der Waals surface area contributed by atoms with Gasteiger partial charge >= 0.3 is 0 Å². The van der Waals surface area contributed by atoms with Crippen LogP contribution in [0.3, 0.4) is 0 Å². The van der Waals surface area contributed by atoms with E-state index in [4.69, 9.17) is 11.6 Å². The van der Waals surface area contributed by atoms with E-state index in [2.05, 4.69) is 66.0 Å². The molecule has 1 unspecified atom stereocenters. The van der Waals surface area contributed by atoms with Gasteiger partial charge in [-0.1, -0.05) is 66.2 Å². The number of fused-ring (bicyclic) bond motifs is 1. The Bertz CT molecular complexity index is 774. The maximum atomic E-state index is 6.29. The summed E-state index contributed by atoms with van der Waals surface area (Å²) in [7, 11) is 1.99. The van der Waals surface area contributed by atoms with Crippen LogP contribution in [0, 0.1) is 6.92 Å². The highest BCUT2D eigenvalue weighted by molar-refractivity contribution is 6.31. The third-order valence-electron chi connectivity index (χ3n) is 3.95. The van der Waals surface area contributed by atoms with E-state index in [9.17, 15) is 0 Å². The van der Waals surface area contributed by atoms with E-state index in [-0.39, 0.29) is 6.04 Å². The van der Waals surface area contributed by atoms with E-state index in [1.54, 1.807) is 0 Å². The van der Waals surface area contributed by atoms with Crippen molar-refractivity contribution >= 4 is 22.4 Å². The van der Waals surface area contributed by atoms with E-state index in [0.717, 1.165) is 10.6 Å². The molecular formula is C19H18ClN. The summed E-state index contributed by atoms with van der Waals surface area (Å²) in [5.41, 5.74) is 3.56. The molecule has 21 heavy (non-hydrogen) atoms. The minimum absolute atomic E-state index is 0.134. The molecule has 0 saturated carbocycles. The Morgan fingerprint density at radius 1 is 0.952 bits per heavy atom. The van der Waals surface area contributed by atoms with Crippen molar-refractivity contribution in [3.63, 3.8) is 0 Å². The Morgan fingerprint density at radius 2 is 1.71 bits per heavy atom. The fourth-order valence-corrected chi connectivity index (χ4v) is 2.98. The average Bonchev–Trinajstić information content (AvgIpc) is 2.52. The summed E-state index contributed by atoms with van der Waals surface area (Å²) in [5.74, 6) is 0. The van der Waals surface area contributed by atoms with Gasteiger partial charge < -0.3 is 5.32 Å². The quantitative estimate of drug-likeness (QED) is 0.708. The van der Waals surface area contributed by atoms with Crippen LogP contribution >= 0.6 is 11.6 Å². The first kappa shape index (κ1) is 14.1. The highest BCUT2D eigenvalue weighted by Crippen LogP contribution is 2.30. The third kappa shape index (κ3) is 2.67. The van der Waals surface area contributed by atoms with E-state index in [1.165, 1.54) is 21.9 Å². The van der Waals surface area contributed by atoms with Crippen molar-refractivity contribution in [1.29, 1.82) is 0 Å². The minimum atomic E-state index is 0.134. The van der Waals surface area contributed by atoms with E-state index >= 15 is 0 Å². The SMILES string of the molecule is CNC(c1ccc(C)c(Cl)c1)c1cccc2ccccc12. The smallest absolute Gasteiger partial charge is 0.0580 e. The molecule has 0 aliphatic rings. The van der Waals surface area contributed by atoms with Gasteiger partial charge in [0.15, 0.2) is 0 Å². The summed E-state index contributed by atoms with van der Waals surface area (Å²) in [5, 5.41) is 6.76. The molecule has 0 aliphatic heterocycles. The van der Waals surface area contributed by atoms with Gasteiger partial charge in [0.2, 0.25) is 0 Å². The standard InChI is InChI=1S/C19H18ClN/c1-13-10-11-15(12-18(13)20)19(21-2)17-9-5-7-14-6-3-4-8-16(14)17/h3-12,19,21H,1-2H3. The number of aryl methyl sites for hydroxylation is 1. The van der Waals surface area contributed by atoms with E-state index < -0.39 is 0 Å². The molecule has 1 atom stereocenters. The number of benzene rings is 3. The highest BCUT2D eigenvalue weighted by Gasteiger charge is 2.15. The largest absolute Gasteiger partial charge is 0.309 e. The van der Waals surface area contributed by atoms with Crippen molar-refractivity contribution in [1.82, 2.24) is 5.32 Å². The van der Waals surface area contributed by atoms with Crippen molar-refractivity contribution in [2.75, 3.05) is 7.05 Å². The van der Waals surface area contributed by atoms with Gasteiger partial charge in [-0.25, -0.2) is 0 Å². The predicted octanol–water partition coefficient (Wildman–Crippen LogP) is 5.11. The van der Waals surface area contributed by atoms with Crippen LogP contribution in [0.5, 0.6) is 0 Å². The number of hydrogen-bond acceptors (Lipinski definition) is 1. The van der Waals surface area contributed by atoms with Crippen molar-refractivity contribution in [2.45, 2.75) is 13.0 Å². The zero-order chi connectivity index (χ0) is 14.8. The molecule has 1 N–H and O–H groups in total. The maximum absolute atomic E-state index is 6.29. The van der Waals surface area contributed by atoms with Gasteiger partial charge in [-0.05, 0) is 47.5 Å².